The molecule has 1 radical (unpaired) electrons. The second-order valence-electron chi connectivity index (χ2n) is 4.23. The lowest BCUT2D eigenvalue weighted by Crippen LogP contribution is -2.30. The van der Waals surface area contributed by atoms with Crippen LogP contribution in [-0.2, 0) is 4.79 Å². The van der Waals surface area contributed by atoms with Gasteiger partial charge in [-0.05, 0) is 50.4 Å². The fourth-order valence-corrected chi connectivity index (χ4v) is 2.72. The molecular formula is C10H15O2. The van der Waals surface area contributed by atoms with E-state index in [9.17, 15) is 4.79 Å². The van der Waals surface area contributed by atoms with Gasteiger partial charge in [-0.1, -0.05) is 0 Å². The van der Waals surface area contributed by atoms with Crippen molar-refractivity contribution in [3.63, 3.8) is 0 Å². The van der Waals surface area contributed by atoms with Crippen LogP contribution in [0.3, 0.4) is 0 Å². The largest absolute Gasteiger partial charge is 0.481 e. The molecule has 0 aliphatic heterocycles. The highest BCUT2D eigenvalue weighted by Gasteiger charge is 2.34. The first-order valence-electron chi connectivity index (χ1n) is 4.80. The Kier molecular flexibility index (Phi) is 2.07. The maximum Gasteiger partial charge on any atom is 0.306 e. The van der Waals surface area contributed by atoms with Crippen molar-refractivity contribution >= 4 is 5.97 Å². The van der Waals surface area contributed by atoms with Gasteiger partial charge in [-0.15, -0.1) is 0 Å². The zero-order chi connectivity index (χ0) is 8.55. The van der Waals surface area contributed by atoms with E-state index in [0.29, 0.717) is 11.8 Å². The molecule has 0 heterocycles. The van der Waals surface area contributed by atoms with E-state index in [-0.39, 0.29) is 5.92 Å². The van der Waals surface area contributed by atoms with Crippen LogP contribution in [-0.4, -0.2) is 11.1 Å². The summed E-state index contributed by atoms with van der Waals surface area (Å²) >= 11 is 0. The predicted molar refractivity (Wildman–Crippen MR) is 45.5 cm³/mol. The fourth-order valence-electron chi connectivity index (χ4n) is 2.72. The summed E-state index contributed by atoms with van der Waals surface area (Å²) in [6.45, 7) is 0. The van der Waals surface area contributed by atoms with Gasteiger partial charge in [0.2, 0.25) is 0 Å². The number of carboxylic acids is 1. The Morgan fingerprint density at radius 3 is 2.25 bits per heavy atom. The summed E-state index contributed by atoms with van der Waals surface area (Å²) in [6, 6.07) is 0. The Hall–Kier alpha value is -0.530. The minimum Gasteiger partial charge on any atom is -0.481 e. The van der Waals surface area contributed by atoms with Gasteiger partial charge in [0.1, 0.15) is 0 Å². The minimum atomic E-state index is -0.577. The monoisotopic (exact) mass is 167 g/mol. The predicted octanol–water partition coefficient (Wildman–Crippen LogP) is 2.10. The molecule has 2 rings (SSSR count). The standard InChI is InChI=1S/C10H15O2/c11-10(12)9-5-7-2-1-3-8(4-7)6-9/h1,7-9H,2-6H2,(H,11,12). The molecule has 2 saturated carbocycles. The first kappa shape index (κ1) is 8.09. The Bertz CT molecular complexity index is 176. The smallest absolute Gasteiger partial charge is 0.306 e. The average Bonchev–Trinajstić information content (AvgIpc) is 2.03. The molecule has 2 nitrogen and oxygen atoms in total. The van der Waals surface area contributed by atoms with E-state index in [1.54, 1.807) is 0 Å². The Morgan fingerprint density at radius 1 is 1.17 bits per heavy atom. The van der Waals surface area contributed by atoms with Crippen molar-refractivity contribution in [2.75, 3.05) is 0 Å². The molecule has 0 spiro atoms. The van der Waals surface area contributed by atoms with Gasteiger partial charge in [0.05, 0.1) is 5.92 Å². The first-order valence-corrected chi connectivity index (χ1v) is 4.80. The zero-order valence-electron chi connectivity index (χ0n) is 7.20. The maximum atomic E-state index is 10.8. The SMILES string of the molecule is O=C(O)C1CC2C[CH]CC(C2)C1. The summed E-state index contributed by atoms with van der Waals surface area (Å²) in [5, 5.41) is 8.88. The summed E-state index contributed by atoms with van der Waals surface area (Å²) in [4.78, 5) is 10.8. The number of hydrogen-bond donors (Lipinski definition) is 1. The molecule has 2 aliphatic carbocycles. The zero-order valence-corrected chi connectivity index (χ0v) is 7.20. The molecule has 1 N–H and O–H groups in total. The summed E-state index contributed by atoms with van der Waals surface area (Å²) in [5.41, 5.74) is 0. The average molecular weight is 167 g/mol. The van der Waals surface area contributed by atoms with E-state index >= 15 is 0 Å². The normalized spacial score (nSPS) is 40.8. The minimum absolute atomic E-state index is 0.0394. The number of carboxylic acid groups (broad SMARTS) is 1. The molecule has 0 saturated heterocycles. The molecule has 2 fully saturated rings. The number of hydrogen-bond acceptors (Lipinski definition) is 1. The Balaban J connectivity index is 2.00. The number of aliphatic carboxylic acids is 1. The van der Waals surface area contributed by atoms with Crippen LogP contribution >= 0.6 is 0 Å². The molecule has 67 valence electrons. The van der Waals surface area contributed by atoms with Crippen LogP contribution in [0.5, 0.6) is 0 Å². The van der Waals surface area contributed by atoms with Gasteiger partial charge < -0.3 is 5.11 Å². The van der Waals surface area contributed by atoms with Gasteiger partial charge in [-0.3, -0.25) is 4.79 Å². The highest BCUT2D eigenvalue weighted by atomic mass is 16.4. The van der Waals surface area contributed by atoms with E-state index in [0.717, 1.165) is 25.7 Å². The van der Waals surface area contributed by atoms with Crippen LogP contribution in [0.25, 0.3) is 0 Å². The lowest BCUT2D eigenvalue weighted by molar-refractivity contribution is -0.144. The van der Waals surface area contributed by atoms with Gasteiger partial charge in [0, 0.05) is 0 Å². The molecule has 0 aromatic carbocycles. The van der Waals surface area contributed by atoms with E-state index in [1.807, 2.05) is 0 Å². The van der Waals surface area contributed by atoms with Crippen LogP contribution in [0.1, 0.15) is 32.1 Å². The molecule has 0 aromatic heterocycles. The summed E-state index contributed by atoms with van der Waals surface area (Å²) < 4.78 is 0. The topological polar surface area (TPSA) is 37.3 Å². The Morgan fingerprint density at radius 2 is 1.75 bits per heavy atom. The van der Waals surface area contributed by atoms with Gasteiger partial charge in [-0.2, -0.15) is 0 Å². The van der Waals surface area contributed by atoms with Crippen molar-refractivity contribution in [2.45, 2.75) is 32.1 Å². The molecule has 12 heavy (non-hydrogen) atoms. The summed E-state index contributed by atoms with van der Waals surface area (Å²) in [5.74, 6) is 0.742. The third-order valence-corrected chi connectivity index (χ3v) is 3.25. The number of rotatable bonds is 1. The van der Waals surface area contributed by atoms with Gasteiger partial charge in [0.15, 0.2) is 0 Å². The van der Waals surface area contributed by atoms with Crippen molar-refractivity contribution in [3.8, 4) is 0 Å². The number of fused-ring (bicyclic) bond motifs is 2. The van der Waals surface area contributed by atoms with Crippen molar-refractivity contribution in [1.29, 1.82) is 0 Å². The summed E-state index contributed by atoms with van der Waals surface area (Å²) in [6.07, 6.45) is 7.77. The molecule has 2 aliphatic rings. The second kappa shape index (κ2) is 3.08. The maximum absolute atomic E-state index is 10.8. The van der Waals surface area contributed by atoms with E-state index in [1.165, 1.54) is 6.42 Å². The van der Waals surface area contributed by atoms with Crippen molar-refractivity contribution in [1.82, 2.24) is 0 Å². The van der Waals surface area contributed by atoms with Crippen LogP contribution in [0.2, 0.25) is 0 Å². The molecule has 2 bridgehead atoms. The van der Waals surface area contributed by atoms with E-state index in [2.05, 4.69) is 6.42 Å². The number of carbonyl (C=O) groups is 1. The van der Waals surface area contributed by atoms with Crippen LogP contribution in [0.15, 0.2) is 0 Å². The molecule has 0 aromatic rings. The highest BCUT2D eigenvalue weighted by Crippen LogP contribution is 2.41. The van der Waals surface area contributed by atoms with Gasteiger partial charge in [-0.25, -0.2) is 0 Å². The third kappa shape index (κ3) is 1.47. The lowest BCUT2D eigenvalue weighted by Gasteiger charge is -2.37. The summed E-state index contributed by atoms with van der Waals surface area (Å²) in [7, 11) is 0. The second-order valence-corrected chi connectivity index (χ2v) is 4.23. The van der Waals surface area contributed by atoms with Gasteiger partial charge >= 0.3 is 5.97 Å². The molecule has 2 unspecified atom stereocenters. The van der Waals surface area contributed by atoms with Crippen molar-refractivity contribution in [2.24, 2.45) is 17.8 Å². The van der Waals surface area contributed by atoms with Crippen LogP contribution in [0.4, 0.5) is 0 Å². The third-order valence-electron chi connectivity index (χ3n) is 3.25. The molecular weight excluding hydrogens is 152 g/mol. The van der Waals surface area contributed by atoms with Crippen LogP contribution in [0, 0.1) is 24.2 Å². The lowest BCUT2D eigenvalue weighted by atomic mass is 9.68. The first-order chi connectivity index (χ1) is 5.75. The quantitative estimate of drug-likeness (QED) is 0.649. The highest BCUT2D eigenvalue weighted by molar-refractivity contribution is 5.70. The molecule has 2 heteroatoms. The Labute approximate surface area is 73.0 Å². The molecule has 2 atom stereocenters. The molecule has 0 amide bonds. The fraction of sp³-hybridized carbons (Fsp3) is 0.800. The van der Waals surface area contributed by atoms with Crippen LogP contribution < -0.4 is 0 Å². The van der Waals surface area contributed by atoms with Gasteiger partial charge in [0.25, 0.3) is 0 Å². The van der Waals surface area contributed by atoms with E-state index < -0.39 is 5.97 Å². The van der Waals surface area contributed by atoms with Crippen molar-refractivity contribution < 1.29 is 9.90 Å². The van der Waals surface area contributed by atoms with E-state index in [4.69, 9.17) is 5.11 Å². The van der Waals surface area contributed by atoms with Crippen molar-refractivity contribution in [3.05, 3.63) is 6.42 Å².